The monoisotopic (exact) mass is 483 g/mol. The lowest BCUT2D eigenvalue weighted by molar-refractivity contribution is -0.121. The van der Waals surface area contributed by atoms with Crippen molar-refractivity contribution in [3.8, 4) is 0 Å². The van der Waals surface area contributed by atoms with Gasteiger partial charge in [0.05, 0.1) is 6.04 Å². The van der Waals surface area contributed by atoms with E-state index in [-0.39, 0.29) is 24.5 Å². The SMILES string of the molecule is O=C(CCC1CC2=Cc3ccc([nH]3)C=c3ccc([nH]3)=CC3C=C4CCC(=C4N3)C1=N2)NCCCCO. The Labute approximate surface area is 210 Å². The Kier molecular flexibility index (Phi) is 6.23. The van der Waals surface area contributed by atoms with Crippen LogP contribution in [0.1, 0.15) is 56.3 Å². The van der Waals surface area contributed by atoms with Crippen LogP contribution in [0.3, 0.4) is 0 Å². The quantitative estimate of drug-likeness (QED) is 0.391. The molecule has 2 aromatic rings. The van der Waals surface area contributed by atoms with Crippen molar-refractivity contribution in [1.82, 2.24) is 20.6 Å². The molecule has 2 unspecified atom stereocenters. The molecular formula is C29H33N5O2. The van der Waals surface area contributed by atoms with Crippen molar-refractivity contribution in [3.05, 3.63) is 75.0 Å². The molecule has 3 aliphatic heterocycles. The van der Waals surface area contributed by atoms with Gasteiger partial charge in [-0.1, -0.05) is 6.08 Å². The fourth-order valence-corrected chi connectivity index (χ4v) is 5.71. The number of fused-ring (bicyclic) bond motifs is 7. The molecule has 5 N–H and O–H groups in total. The zero-order valence-electron chi connectivity index (χ0n) is 20.4. The van der Waals surface area contributed by atoms with Crippen molar-refractivity contribution in [1.29, 1.82) is 0 Å². The number of carbonyl (C=O) groups excluding carboxylic acids is 1. The molecule has 4 aliphatic rings. The van der Waals surface area contributed by atoms with E-state index in [0.717, 1.165) is 72.0 Å². The summed E-state index contributed by atoms with van der Waals surface area (Å²) < 4.78 is 0. The Bertz CT molecular complexity index is 1420. The molecule has 6 rings (SSSR count). The third-order valence-electron chi connectivity index (χ3n) is 7.46. The van der Waals surface area contributed by atoms with Gasteiger partial charge >= 0.3 is 0 Å². The predicted octanol–water partition coefficient (Wildman–Crippen LogP) is 2.38. The van der Waals surface area contributed by atoms with Crippen LogP contribution in [0, 0.1) is 5.92 Å². The number of hydrogen-bond donors (Lipinski definition) is 5. The van der Waals surface area contributed by atoms with Gasteiger partial charge in [-0.25, -0.2) is 0 Å². The van der Waals surface area contributed by atoms with Gasteiger partial charge in [0.1, 0.15) is 0 Å². The lowest BCUT2D eigenvalue weighted by atomic mass is 9.90. The summed E-state index contributed by atoms with van der Waals surface area (Å²) in [6.45, 7) is 0.787. The van der Waals surface area contributed by atoms with Gasteiger partial charge in [-0.2, -0.15) is 0 Å². The third-order valence-corrected chi connectivity index (χ3v) is 7.46. The highest BCUT2D eigenvalue weighted by molar-refractivity contribution is 6.06. The molecule has 0 saturated heterocycles. The topological polar surface area (TPSA) is 105 Å². The van der Waals surface area contributed by atoms with E-state index < -0.39 is 0 Å². The summed E-state index contributed by atoms with van der Waals surface area (Å²) in [5.74, 6) is 0.310. The molecule has 2 aromatic heterocycles. The number of aliphatic hydroxyl groups is 1. The molecule has 0 spiro atoms. The number of aromatic nitrogens is 2. The van der Waals surface area contributed by atoms with Gasteiger partial charge in [-0.05, 0) is 92.2 Å². The van der Waals surface area contributed by atoms with E-state index in [1.165, 1.54) is 16.8 Å². The van der Waals surface area contributed by atoms with E-state index in [1.807, 2.05) is 0 Å². The van der Waals surface area contributed by atoms with Crippen LogP contribution in [0.5, 0.6) is 0 Å². The second-order valence-corrected chi connectivity index (χ2v) is 10.1. The molecule has 7 nitrogen and oxygen atoms in total. The van der Waals surface area contributed by atoms with E-state index in [9.17, 15) is 4.79 Å². The van der Waals surface area contributed by atoms with E-state index in [4.69, 9.17) is 10.1 Å². The summed E-state index contributed by atoms with van der Waals surface area (Å²) in [4.78, 5) is 24.6. The van der Waals surface area contributed by atoms with E-state index in [1.54, 1.807) is 0 Å². The maximum Gasteiger partial charge on any atom is 0.220 e. The van der Waals surface area contributed by atoms with Crippen LogP contribution in [0.4, 0.5) is 0 Å². The van der Waals surface area contributed by atoms with Crippen LogP contribution in [-0.4, -0.2) is 45.9 Å². The van der Waals surface area contributed by atoms with Gasteiger partial charge in [-0.15, -0.1) is 0 Å². The van der Waals surface area contributed by atoms with Crippen molar-refractivity contribution in [2.75, 3.05) is 13.2 Å². The average molecular weight is 484 g/mol. The molecule has 1 aliphatic carbocycles. The zero-order chi connectivity index (χ0) is 24.5. The molecule has 5 heterocycles. The number of allylic oxidation sites excluding steroid dienone is 3. The Morgan fingerprint density at radius 1 is 1.03 bits per heavy atom. The van der Waals surface area contributed by atoms with Crippen LogP contribution in [0.25, 0.3) is 18.2 Å². The second kappa shape index (κ2) is 9.82. The molecule has 36 heavy (non-hydrogen) atoms. The number of unbranched alkanes of at least 4 members (excludes halogenated alkanes) is 1. The number of aromatic amines is 2. The van der Waals surface area contributed by atoms with E-state index in [2.05, 4.69) is 69.2 Å². The van der Waals surface area contributed by atoms with Crippen molar-refractivity contribution < 1.29 is 9.90 Å². The van der Waals surface area contributed by atoms with Crippen molar-refractivity contribution in [2.45, 2.75) is 51.0 Å². The van der Waals surface area contributed by atoms with Crippen molar-refractivity contribution in [3.63, 3.8) is 0 Å². The molecule has 0 fully saturated rings. The van der Waals surface area contributed by atoms with Crippen LogP contribution in [-0.2, 0) is 4.79 Å². The summed E-state index contributed by atoms with van der Waals surface area (Å²) in [5, 5.41) is 17.8. The number of carbonyl (C=O) groups is 1. The number of nitrogens with zero attached hydrogens (tertiary/aromatic N) is 1. The van der Waals surface area contributed by atoms with Gasteiger partial charge in [0.2, 0.25) is 5.91 Å². The highest BCUT2D eigenvalue weighted by Crippen LogP contribution is 2.41. The van der Waals surface area contributed by atoms with E-state index in [0.29, 0.717) is 13.0 Å². The number of H-pyrrole nitrogens is 2. The normalized spacial score (nSPS) is 21.9. The van der Waals surface area contributed by atoms with Gasteiger partial charge in [-0.3, -0.25) is 9.79 Å². The van der Waals surface area contributed by atoms with E-state index >= 15 is 0 Å². The van der Waals surface area contributed by atoms with Crippen LogP contribution < -0.4 is 21.3 Å². The summed E-state index contributed by atoms with van der Waals surface area (Å²) in [5.41, 5.74) is 8.22. The molecule has 0 aromatic carbocycles. The lowest BCUT2D eigenvalue weighted by Crippen LogP contribution is -2.26. The number of rotatable bonds is 7. The summed E-state index contributed by atoms with van der Waals surface area (Å²) >= 11 is 0. The minimum atomic E-state index is 0.0797. The Hall–Kier alpha value is -3.58. The van der Waals surface area contributed by atoms with Crippen molar-refractivity contribution in [2.24, 2.45) is 10.9 Å². The lowest BCUT2D eigenvalue weighted by Gasteiger charge is -2.16. The van der Waals surface area contributed by atoms with Gasteiger partial charge in [0.15, 0.2) is 0 Å². The minimum Gasteiger partial charge on any atom is -0.396 e. The maximum absolute atomic E-state index is 12.5. The first kappa shape index (κ1) is 22.9. The number of aliphatic imine (C=N–C) groups is 1. The molecule has 186 valence electrons. The minimum absolute atomic E-state index is 0.0797. The maximum atomic E-state index is 12.5. The summed E-state index contributed by atoms with van der Waals surface area (Å²) in [6.07, 6.45) is 14.5. The Morgan fingerprint density at radius 3 is 2.78 bits per heavy atom. The first-order valence-electron chi connectivity index (χ1n) is 13.1. The number of hydrogen-bond acceptors (Lipinski definition) is 4. The van der Waals surface area contributed by atoms with Gasteiger partial charge in [0, 0.05) is 64.7 Å². The number of aliphatic hydroxyl groups excluding tert-OH is 1. The Balaban J connectivity index is 1.31. The summed E-state index contributed by atoms with van der Waals surface area (Å²) in [7, 11) is 0. The first-order chi connectivity index (χ1) is 17.6. The number of amides is 1. The Morgan fingerprint density at radius 2 is 1.89 bits per heavy atom. The van der Waals surface area contributed by atoms with Gasteiger partial charge < -0.3 is 25.7 Å². The molecular weight excluding hydrogens is 450 g/mol. The highest BCUT2D eigenvalue weighted by Gasteiger charge is 2.35. The molecule has 7 heteroatoms. The summed E-state index contributed by atoms with van der Waals surface area (Å²) in [6, 6.07) is 8.57. The van der Waals surface area contributed by atoms with Crippen LogP contribution in [0.2, 0.25) is 0 Å². The molecule has 0 radical (unpaired) electrons. The molecule has 8 bridgehead atoms. The van der Waals surface area contributed by atoms with Crippen molar-refractivity contribution >= 4 is 29.8 Å². The second-order valence-electron chi connectivity index (χ2n) is 10.1. The largest absolute Gasteiger partial charge is 0.396 e. The fourth-order valence-electron chi connectivity index (χ4n) is 5.71. The molecule has 1 amide bonds. The van der Waals surface area contributed by atoms with Crippen LogP contribution >= 0.6 is 0 Å². The third kappa shape index (κ3) is 4.75. The van der Waals surface area contributed by atoms with Gasteiger partial charge in [0.25, 0.3) is 0 Å². The van der Waals surface area contributed by atoms with Crippen LogP contribution in [0.15, 0.2) is 57.9 Å². The zero-order valence-corrected chi connectivity index (χ0v) is 20.4. The average Bonchev–Trinajstić information content (AvgIpc) is 3.67. The fraction of sp³-hybridized carbons (Fsp3) is 0.379. The smallest absolute Gasteiger partial charge is 0.220 e. The molecule has 2 atom stereocenters. The highest BCUT2D eigenvalue weighted by atomic mass is 16.3. The number of nitrogens with one attached hydrogen (secondary N) is 4. The first-order valence-corrected chi connectivity index (χ1v) is 13.1. The predicted molar refractivity (Wildman–Crippen MR) is 142 cm³/mol. The molecule has 0 saturated carbocycles. The standard InChI is InChI=1S/C29H33N5O2/c35-12-2-1-11-30-27(36)10-4-19-14-25-17-23-8-6-21(32-23)15-20-5-7-22(31-20)16-24-13-18-3-9-26(28(18)33-24)29(19)34-25/h5-8,13,15-17,19,24,31-33,35H,1-4,9-12,14H2,(H,30,36).